The number of nitrogens with zero attached hydrogens (tertiary/aromatic N) is 2. The van der Waals surface area contributed by atoms with Crippen molar-refractivity contribution >= 4 is 17.5 Å². The van der Waals surface area contributed by atoms with Crippen LogP contribution in [0.4, 0.5) is 11.4 Å². The van der Waals surface area contributed by atoms with Gasteiger partial charge in [0.2, 0.25) is 5.72 Å². The molecule has 3 heterocycles. The zero-order chi connectivity index (χ0) is 27.5. The first kappa shape index (κ1) is 27.5. The molecule has 3 aliphatic rings. The van der Waals surface area contributed by atoms with Crippen LogP contribution in [0.2, 0.25) is 0 Å². The summed E-state index contributed by atoms with van der Waals surface area (Å²) < 4.78 is 35.7. The third kappa shape index (κ3) is 5.27. The van der Waals surface area contributed by atoms with E-state index in [0.29, 0.717) is 63.1 Å². The smallest absolute Gasteiger partial charge is 0.270 e. The number of non-ortho nitro benzene ring substituents is 1. The first-order valence-corrected chi connectivity index (χ1v) is 13.3. The SMILES string of the molecule is CN1c2ccccc2C(C)(C)C12C=Cc1cc([N+](=O)[O-])cc(C3COCCOCCOCCOCCO3)c1O2. The molecule has 0 aromatic heterocycles. The molecular weight excluding hydrogens is 504 g/mol. The summed E-state index contributed by atoms with van der Waals surface area (Å²) in [6, 6.07) is 11.3. The number of para-hydroxylation sites is 1. The molecule has 0 bridgehead atoms. The normalized spacial score (nSPS) is 25.7. The third-order valence-corrected chi connectivity index (χ3v) is 7.70. The third-order valence-electron chi connectivity index (χ3n) is 7.70. The second-order valence-corrected chi connectivity index (χ2v) is 10.3. The Labute approximate surface area is 228 Å². The second kappa shape index (κ2) is 11.6. The first-order valence-electron chi connectivity index (χ1n) is 13.3. The van der Waals surface area contributed by atoms with Gasteiger partial charge in [-0.2, -0.15) is 0 Å². The van der Waals surface area contributed by atoms with Crippen LogP contribution in [-0.4, -0.2) is 77.2 Å². The van der Waals surface area contributed by atoms with Gasteiger partial charge in [0.15, 0.2) is 0 Å². The Hall–Kier alpha value is -3.02. The molecule has 10 heteroatoms. The zero-order valence-corrected chi connectivity index (χ0v) is 22.7. The summed E-state index contributed by atoms with van der Waals surface area (Å²) in [6.45, 7) is 7.73. The number of likely N-dealkylation sites (N-methyl/N-ethyl adjacent to an activating group) is 1. The fourth-order valence-electron chi connectivity index (χ4n) is 5.57. The molecule has 39 heavy (non-hydrogen) atoms. The van der Waals surface area contributed by atoms with Crippen molar-refractivity contribution in [1.29, 1.82) is 0 Å². The summed E-state index contributed by atoms with van der Waals surface area (Å²) in [5.74, 6) is 0.549. The Morgan fingerprint density at radius 2 is 1.56 bits per heavy atom. The van der Waals surface area contributed by atoms with Crippen molar-refractivity contribution < 1.29 is 33.3 Å². The average molecular weight is 541 g/mol. The summed E-state index contributed by atoms with van der Waals surface area (Å²) in [7, 11) is 2.01. The number of nitro groups is 1. The number of hydrogen-bond acceptors (Lipinski definition) is 9. The van der Waals surface area contributed by atoms with Gasteiger partial charge in [-0.15, -0.1) is 0 Å². The summed E-state index contributed by atoms with van der Waals surface area (Å²) in [4.78, 5) is 13.6. The maximum Gasteiger partial charge on any atom is 0.270 e. The molecule has 10 nitrogen and oxygen atoms in total. The van der Waals surface area contributed by atoms with Crippen LogP contribution in [0.15, 0.2) is 42.5 Å². The van der Waals surface area contributed by atoms with Crippen molar-refractivity contribution in [2.24, 2.45) is 0 Å². The average Bonchev–Trinajstić information content (AvgIpc) is 3.08. The molecule has 2 atom stereocenters. The van der Waals surface area contributed by atoms with E-state index in [-0.39, 0.29) is 18.9 Å². The maximum absolute atomic E-state index is 11.9. The zero-order valence-electron chi connectivity index (χ0n) is 22.7. The standard InChI is InChI=1S/C29H36N2O8/c1-28(2)24-6-4-5-7-25(24)30(3)29(28)9-8-21-18-22(31(32)33)19-23(27(21)39-29)26-20-37-15-14-35-11-10-34-12-13-36-16-17-38-26/h4-9,18-19,26H,10-17,20H2,1-3H3. The Balaban J connectivity index is 1.50. The minimum absolute atomic E-state index is 0.0357. The predicted octanol–water partition coefficient (Wildman–Crippen LogP) is 4.26. The summed E-state index contributed by atoms with van der Waals surface area (Å²) in [6.07, 6.45) is 3.30. The van der Waals surface area contributed by atoms with Gasteiger partial charge < -0.3 is 33.3 Å². The molecule has 0 aliphatic carbocycles. The van der Waals surface area contributed by atoms with Crippen LogP contribution in [-0.2, 0) is 29.1 Å². The van der Waals surface area contributed by atoms with E-state index in [1.807, 2.05) is 31.3 Å². The molecule has 0 N–H and O–H groups in total. The minimum Gasteiger partial charge on any atom is -0.462 e. The highest BCUT2D eigenvalue weighted by molar-refractivity contribution is 5.74. The minimum atomic E-state index is -0.841. The molecule has 3 aliphatic heterocycles. The van der Waals surface area contributed by atoms with Crippen LogP contribution >= 0.6 is 0 Å². The molecule has 210 valence electrons. The fourth-order valence-corrected chi connectivity index (χ4v) is 5.57. The number of anilines is 1. The van der Waals surface area contributed by atoms with Crippen LogP contribution in [0.25, 0.3) is 6.08 Å². The quantitative estimate of drug-likeness (QED) is 0.408. The van der Waals surface area contributed by atoms with Crippen molar-refractivity contribution in [2.75, 3.05) is 71.4 Å². The number of hydrogen-bond donors (Lipinski definition) is 0. The maximum atomic E-state index is 11.9. The molecule has 1 saturated heterocycles. The van der Waals surface area contributed by atoms with Gasteiger partial charge in [-0.3, -0.25) is 10.1 Å². The molecule has 2 unspecified atom stereocenters. The summed E-state index contributed by atoms with van der Waals surface area (Å²) >= 11 is 0. The largest absolute Gasteiger partial charge is 0.462 e. The molecule has 5 rings (SSSR count). The molecule has 0 saturated carbocycles. The van der Waals surface area contributed by atoms with Gasteiger partial charge in [0.05, 0.1) is 69.8 Å². The Kier molecular flexibility index (Phi) is 8.20. The second-order valence-electron chi connectivity index (χ2n) is 10.3. The van der Waals surface area contributed by atoms with Crippen molar-refractivity contribution in [3.8, 4) is 5.75 Å². The van der Waals surface area contributed by atoms with Gasteiger partial charge in [0.25, 0.3) is 5.69 Å². The lowest BCUT2D eigenvalue weighted by Crippen LogP contribution is -2.58. The highest BCUT2D eigenvalue weighted by atomic mass is 16.6. The number of ether oxygens (including phenoxy) is 6. The Morgan fingerprint density at radius 3 is 2.23 bits per heavy atom. The Bertz CT molecular complexity index is 1200. The fraction of sp³-hybridized carbons (Fsp3) is 0.517. The van der Waals surface area contributed by atoms with Gasteiger partial charge in [-0.25, -0.2) is 0 Å². The highest BCUT2D eigenvalue weighted by Crippen LogP contribution is 2.55. The molecule has 2 aromatic carbocycles. The van der Waals surface area contributed by atoms with Crippen LogP contribution < -0.4 is 9.64 Å². The molecule has 2 aromatic rings. The van der Waals surface area contributed by atoms with Gasteiger partial charge >= 0.3 is 0 Å². The van der Waals surface area contributed by atoms with Crippen molar-refractivity contribution in [2.45, 2.75) is 31.1 Å². The van der Waals surface area contributed by atoms with Crippen molar-refractivity contribution in [3.05, 3.63) is 69.3 Å². The van der Waals surface area contributed by atoms with E-state index in [9.17, 15) is 10.1 Å². The number of nitro benzene ring substituents is 1. The van der Waals surface area contributed by atoms with Crippen LogP contribution in [0.3, 0.4) is 0 Å². The van der Waals surface area contributed by atoms with Crippen LogP contribution in [0, 0.1) is 10.1 Å². The lowest BCUT2D eigenvalue weighted by Gasteiger charge is -2.46. The van der Waals surface area contributed by atoms with E-state index in [0.717, 1.165) is 5.69 Å². The van der Waals surface area contributed by atoms with Gasteiger partial charge in [-0.1, -0.05) is 18.2 Å². The van der Waals surface area contributed by atoms with Gasteiger partial charge in [-0.05, 0) is 37.6 Å². The lowest BCUT2D eigenvalue weighted by molar-refractivity contribution is -0.385. The van der Waals surface area contributed by atoms with Crippen LogP contribution in [0.1, 0.15) is 36.6 Å². The van der Waals surface area contributed by atoms with Crippen molar-refractivity contribution in [3.63, 3.8) is 0 Å². The number of rotatable bonds is 2. The van der Waals surface area contributed by atoms with Gasteiger partial charge in [0.1, 0.15) is 11.9 Å². The van der Waals surface area contributed by atoms with Crippen LogP contribution in [0.5, 0.6) is 5.75 Å². The monoisotopic (exact) mass is 540 g/mol. The highest BCUT2D eigenvalue weighted by Gasteiger charge is 2.58. The number of fused-ring (bicyclic) bond motifs is 2. The van der Waals surface area contributed by atoms with E-state index in [4.69, 9.17) is 28.4 Å². The van der Waals surface area contributed by atoms with Crippen molar-refractivity contribution in [1.82, 2.24) is 0 Å². The topological polar surface area (TPSA) is 102 Å². The van der Waals surface area contributed by atoms with E-state index >= 15 is 0 Å². The van der Waals surface area contributed by atoms with E-state index in [2.05, 4.69) is 30.9 Å². The lowest BCUT2D eigenvalue weighted by atomic mass is 9.76. The Morgan fingerprint density at radius 1 is 0.923 bits per heavy atom. The molecule has 1 fully saturated rings. The number of benzene rings is 2. The molecular formula is C29H36N2O8. The molecule has 1 spiro atoms. The first-order chi connectivity index (χ1) is 18.8. The van der Waals surface area contributed by atoms with Gasteiger partial charge in [0, 0.05) is 36.0 Å². The predicted molar refractivity (Wildman–Crippen MR) is 145 cm³/mol. The molecule has 0 amide bonds. The van der Waals surface area contributed by atoms with E-state index in [1.54, 1.807) is 6.07 Å². The molecule has 0 radical (unpaired) electrons. The van der Waals surface area contributed by atoms with E-state index in [1.165, 1.54) is 11.6 Å². The summed E-state index contributed by atoms with van der Waals surface area (Å²) in [5, 5.41) is 11.9. The summed E-state index contributed by atoms with van der Waals surface area (Å²) in [5.41, 5.74) is 2.14. The van der Waals surface area contributed by atoms with E-state index < -0.39 is 22.2 Å².